The Balaban J connectivity index is 1.38. The van der Waals surface area contributed by atoms with Crippen molar-refractivity contribution in [2.24, 2.45) is 0 Å². The smallest absolute Gasteiger partial charge is 0.276 e. The van der Waals surface area contributed by atoms with Crippen molar-refractivity contribution < 1.29 is 14.3 Å². The molecule has 2 fully saturated rings. The fourth-order valence-electron chi connectivity index (χ4n) is 4.15. The molecule has 0 bridgehead atoms. The minimum atomic E-state index is -0.105. The summed E-state index contributed by atoms with van der Waals surface area (Å²) in [5.74, 6) is -0.0573. The summed E-state index contributed by atoms with van der Waals surface area (Å²) >= 11 is 0. The number of hydrogen-bond acceptors (Lipinski definition) is 6. The average Bonchev–Trinajstić information content (AvgIpc) is 3.27. The summed E-state index contributed by atoms with van der Waals surface area (Å²) in [5, 5.41) is 8.19. The minimum absolute atomic E-state index is 0.0482. The van der Waals surface area contributed by atoms with Crippen LogP contribution in [0.2, 0.25) is 0 Å². The van der Waals surface area contributed by atoms with Gasteiger partial charge in [-0.1, -0.05) is 5.21 Å². The number of pyridine rings is 1. The molecule has 1 unspecified atom stereocenters. The molecule has 4 rings (SSSR count). The SMILES string of the molecule is Cc1ncccc1C(=O)N1CCCCC1CCn1cc(C(=O)N2CCOCC2)nn1. The average molecular weight is 412 g/mol. The lowest BCUT2D eigenvalue weighted by molar-refractivity contribution is 0.0299. The van der Waals surface area contributed by atoms with Crippen LogP contribution in [-0.2, 0) is 11.3 Å². The number of hydrogen-bond donors (Lipinski definition) is 0. The van der Waals surface area contributed by atoms with E-state index in [9.17, 15) is 9.59 Å². The van der Waals surface area contributed by atoms with Gasteiger partial charge in [-0.25, -0.2) is 0 Å². The molecule has 1 atom stereocenters. The topological polar surface area (TPSA) is 93.5 Å². The van der Waals surface area contributed by atoms with E-state index in [0.29, 0.717) is 44.1 Å². The molecule has 2 aromatic heterocycles. The highest BCUT2D eigenvalue weighted by molar-refractivity contribution is 5.95. The molecule has 30 heavy (non-hydrogen) atoms. The third-order valence-corrected chi connectivity index (χ3v) is 5.87. The number of nitrogens with zero attached hydrogens (tertiary/aromatic N) is 6. The number of aryl methyl sites for hydroxylation is 2. The van der Waals surface area contributed by atoms with Gasteiger partial charge < -0.3 is 14.5 Å². The number of morpholine rings is 1. The molecule has 9 nitrogen and oxygen atoms in total. The molecule has 9 heteroatoms. The lowest BCUT2D eigenvalue weighted by Gasteiger charge is -2.36. The van der Waals surface area contributed by atoms with Crippen LogP contribution in [0.1, 0.15) is 52.2 Å². The number of rotatable bonds is 5. The Morgan fingerprint density at radius 1 is 1.17 bits per heavy atom. The summed E-state index contributed by atoms with van der Waals surface area (Å²) in [6, 6.07) is 3.80. The number of carbonyl (C=O) groups is 2. The van der Waals surface area contributed by atoms with E-state index in [0.717, 1.165) is 37.9 Å². The molecule has 0 aromatic carbocycles. The van der Waals surface area contributed by atoms with Crippen LogP contribution in [0, 0.1) is 6.92 Å². The molecule has 2 saturated heterocycles. The van der Waals surface area contributed by atoms with Gasteiger partial charge in [0.25, 0.3) is 11.8 Å². The van der Waals surface area contributed by atoms with Crippen molar-refractivity contribution in [2.45, 2.75) is 45.2 Å². The van der Waals surface area contributed by atoms with Gasteiger partial charge in [0.05, 0.1) is 25.0 Å². The van der Waals surface area contributed by atoms with Gasteiger partial charge in [0.15, 0.2) is 5.69 Å². The monoisotopic (exact) mass is 412 g/mol. The molecule has 2 aromatic rings. The molecule has 2 amide bonds. The molecule has 160 valence electrons. The molecule has 0 radical (unpaired) electrons. The number of amides is 2. The maximum Gasteiger partial charge on any atom is 0.276 e. The third-order valence-electron chi connectivity index (χ3n) is 5.87. The van der Waals surface area contributed by atoms with Crippen molar-refractivity contribution in [3.63, 3.8) is 0 Å². The Hall–Kier alpha value is -2.81. The third kappa shape index (κ3) is 4.51. The lowest BCUT2D eigenvalue weighted by Crippen LogP contribution is -2.44. The first-order valence-corrected chi connectivity index (χ1v) is 10.6. The van der Waals surface area contributed by atoms with Crippen molar-refractivity contribution in [2.75, 3.05) is 32.8 Å². The highest BCUT2D eigenvalue weighted by Crippen LogP contribution is 2.23. The zero-order chi connectivity index (χ0) is 20.9. The van der Waals surface area contributed by atoms with Gasteiger partial charge in [0.2, 0.25) is 0 Å². The fraction of sp³-hybridized carbons (Fsp3) is 0.571. The van der Waals surface area contributed by atoms with Crippen LogP contribution in [0.15, 0.2) is 24.5 Å². The van der Waals surface area contributed by atoms with Crippen molar-refractivity contribution in [3.05, 3.63) is 41.5 Å². The summed E-state index contributed by atoms with van der Waals surface area (Å²) in [5.41, 5.74) is 1.79. The van der Waals surface area contributed by atoms with E-state index in [1.165, 1.54) is 0 Å². The Kier molecular flexibility index (Phi) is 6.37. The summed E-state index contributed by atoms with van der Waals surface area (Å²) in [4.78, 5) is 33.6. The molecular weight excluding hydrogens is 384 g/mol. The van der Waals surface area contributed by atoms with Gasteiger partial charge in [-0.15, -0.1) is 5.10 Å². The van der Waals surface area contributed by atoms with Crippen molar-refractivity contribution in [1.29, 1.82) is 0 Å². The number of likely N-dealkylation sites (tertiary alicyclic amines) is 1. The minimum Gasteiger partial charge on any atom is -0.378 e. The number of carbonyl (C=O) groups excluding carboxylic acids is 2. The van der Waals surface area contributed by atoms with Crippen LogP contribution in [0.5, 0.6) is 0 Å². The first-order valence-electron chi connectivity index (χ1n) is 10.6. The van der Waals surface area contributed by atoms with Crippen LogP contribution in [-0.4, -0.2) is 80.5 Å². The quantitative estimate of drug-likeness (QED) is 0.740. The van der Waals surface area contributed by atoms with Crippen molar-refractivity contribution >= 4 is 11.8 Å². The normalized spacial score (nSPS) is 19.7. The van der Waals surface area contributed by atoms with Crippen molar-refractivity contribution in [1.82, 2.24) is 29.8 Å². The molecule has 0 aliphatic carbocycles. The first-order chi connectivity index (χ1) is 14.6. The predicted molar refractivity (Wildman–Crippen MR) is 109 cm³/mol. The highest BCUT2D eigenvalue weighted by atomic mass is 16.5. The molecule has 0 N–H and O–H groups in total. The molecule has 2 aliphatic heterocycles. The Bertz CT molecular complexity index is 892. The van der Waals surface area contributed by atoms with E-state index in [1.54, 1.807) is 22.0 Å². The highest BCUT2D eigenvalue weighted by Gasteiger charge is 2.28. The summed E-state index contributed by atoms with van der Waals surface area (Å²) < 4.78 is 7.00. The van der Waals surface area contributed by atoms with Crippen molar-refractivity contribution in [3.8, 4) is 0 Å². The van der Waals surface area contributed by atoms with Gasteiger partial charge in [0.1, 0.15) is 0 Å². The van der Waals surface area contributed by atoms with E-state index >= 15 is 0 Å². The van der Waals surface area contributed by atoms with E-state index in [1.807, 2.05) is 24.0 Å². The van der Waals surface area contributed by atoms with E-state index < -0.39 is 0 Å². The molecular formula is C21H28N6O3. The maximum atomic E-state index is 13.1. The zero-order valence-corrected chi connectivity index (χ0v) is 17.4. The van der Waals surface area contributed by atoms with E-state index in [4.69, 9.17) is 4.74 Å². The number of ether oxygens (including phenoxy) is 1. The number of piperidine rings is 1. The largest absolute Gasteiger partial charge is 0.378 e. The second-order valence-corrected chi connectivity index (χ2v) is 7.84. The zero-order valence-electron chi connectivity index (χ0n) is 17.4. The van der Waals surface area contributed by atoms with Gasteiger partial charge in [0, 0.05) is 44.1 Å². The Morgan fingerprint density at radius 3 is 2.80 bits per heavy atom. The van der Waals surface area contributed by atoms with Crippen LogP contribution in [0.4, 0.5) is 0 Å². The predicted octanol–water partition coefficient (Wildman–Crippen LogP) is 1.54. The standard InChI is InChI=1S/C21H28N6O3/c1-16-18(6-4-8-22-16)20(28)27-9-3-2-5-17(27)7-10-26-15-19(23-24-26)21(29)25-11-13-30-14-12-25/h4,6,8,15,17H,2-3,5,7,9-14H2,1H3. The molecule has 0 spiro atoms. The molecule has 2 aliphatic rings. The molecule has 4 heterocycles. The van der Waals surface area contributed by atoms with Crippen LogP contribution >= 0.6 is 0 Å². The fourth-order valence-corrected chi connectivity index (χ4v) is 4.15. The van der Waals surface area contributed by atoms with E-state index in [-0.39, 0.29) is 17.9 Å². The van der Waals surface area contributed by atoms with Gasteiger partial charge in [-0.05, 0) is 44.7 Å². The lowest BCUT2D eigenvalue weighted by atomic mass is 9.98. The maximum absolute atomic E-state index is 13.1. The number of aromatic nitrogens is 4. The Morgan fingerprint density at radius 2 is 2.00 bits per heavy atom. The second kappa shape index (κ2) is 9.34. The van der Waals surface area contributed by atoms with Crippen LogP contribution in [0.25, 0.3) is 0 Å². The van der Waals surface area contributed by atoms with E-state index in [2.05, 4.69) is 15.3 Å². The molecule has 0 saturated carbocycles. The van der Waals surface area contributed by atoms with Crippen LogP contribution in [0.3, 0.4) is 0 Å². The van der Waals surface area contributed by atoms with Gasteiger partial charge >= 0.3 is 0 Å². The Labute approximate surface area is 176 Å². The van der Waals surface area contributed by atoms with Crippen LogP contribution < -0.4 is 0 Å². The first kappa shape index (κ1) is 20.5. The van der Waals surface area contributed by atoms with Gasteiger partial charge in [-0.2, -0.15) is 0 Å². The second-order valence-electron chi connectivity index (χ2n) is 7.84. The summed E-state index contributed by atoms with van der Waals surface area (Å²) in [7, 11) is 0. The van der Waals surface area contributed by atoms with Gasteiger partial charge in [-0.3, -0.25) is 19.3 Å². The summed E-state index contributed by atoms with van der Waals surface area (Å²) in [6.07, 6.45) is 7.29. The summed E-state index contributed by atoms with van der Waals surface area (Å²) in [6.45, 7) is 5.52.